The summed E-state index contributed by atoms with van der Waals surface area (Å²) in [5, 5.41) is 5.40. The van der Waals surface area contributed by atoms with Gasteiger partial charge in [-0.2, -0.15) is 0 Å². The molecular weight excluding hydrogens is 345 g/mol. The molecule has 5 nitrogen and oxygen atoms in total. The Hall–Kier alpha value is -2.25. The Labute approximate surface area is 150 Å². The van der Waals surface area contributed by atoms with Crippen molar-refractivity contribution >= 4 is 17.6 Å². The zero-order valence-electron chi connectivity index (χ0n) is 14.7. The number of halogens is 3. The van der Waals surface area contributed by atoms with Crippen LogP contribution in [-0.4, -0.2) is 42.9 Å². The molecule has 2 fully saturated rings. The second-order valence-corrected chi connectivity index (χ2v) is 6.97. The highest BCUT2D eigenvalue weighted by atomic mass is 19.2. The molecule has 0 atom stereocenters. The summed E-state index contributed by atoms with van der Waals surface area (Å²) in [5.41, 5.74) is -0.00331. The van der Waals surface area contributed by atoms with Gasteiger partial charge < -0.3 is 15.5 Å². The van der Waals surface area contributed by atoms with Crippen molar-refractivity contribution < 1.29 is 18.0 Å². The van der Waals surface area contributed by atoms with Crippen LogP contribution in [0.5, 0.6) is 0 Å². The lowest BCUT2D eigenvalue weighted by Crippen LogP contribution is -2.43. The van der Waals surface area contributed by atoms with Crippen LogP contribution in [0.2, 0.25) is 0 Å². The molecule has 0 unspecified atom stereocenters. The summed E-state index contributed by atoms with van der Waals surface area (Å²) in [6.07, 6.45) is 4.87. The van der Waals surface area contributed by atoms with Crippen LogP contribution in [0.3, 0.4) is 0 Å². The highest BCUT2D eigenvalue weighted by Crippen LogP contribution is 2.47. The predicted molar refractivity (Wildman–Crippen MR) is 93.4 cm³/mol. The van der Waals surface area contributed by atoms with Crippen molar-refractivity contribution in [2.24, 2.45) is 10.4 Å². The number of anilines is 1. The first-order valence-corrected chi connectivity index (χ1v) is 8.91. The molecule has 8 heteroatoms. The first-order chi connectivity index (χ1) is 12.4. The van der Waals surface area contributed by atoms with Gasteiger partial charge in [-0.1, -0.05) is 6.42 Å². The van der Waals surface area contributed by atoms with Crippen molar-refractivity contribution in [2.75, 3.05) is 31.5 Å². The number of likely N-dealkylation sites (tertiary alicyclic amines) is 1. The maximum atomic E-state index is 13.6. The molecule has 1 saturated heterocycles. The van der Waals surface area contributed by atoms with Crippen LogP contribution < -0.4 is 10.6 Å². The van der Waals surface area contributed by atoms with Gasteiger partial charge in [0, 0.05) is 19.6 Å². The van der Waals surface area contributed by atoms with Crippen molar-refractivity contribution in [1.29, 1.82) is 0 Å². The lowest BCUT2D eigenvalue weighted by atomic mass is 9.68. The fraction of sp³-hybridized carbons (Fsp3) is 0.556. The van der Waals surface area contributed by atoms with Gasteiger partial charge in [0.05, 0.1) is 5.69 Å². The van der Waals surface area contributed by atoms with Crippen molar-refractivity contribution in [3.8, 4) is 0 Å². The standard InChI is InChI=1S/C18H23F3N4O/c1-2-22-17(25-9-8-18(11-25)6-3-7-18)23-10-14(26)24-13-5-4-12(19)15(20)16(13)21/h4-5H,2-3,6-11H2,1H3,(H,22,23)(H,24,26). The van der Waals surface area contributed by atoms with E-state index >= 15 is 0 Å². The third kappa shape index (κ3) is 3.78. The molecule has 1 spiro atoms. The summed E-state index contributed by atoms with van der Waals surface area (Å²) < 4.78 is 39.8. The Morgan fingerprint density at radius 3 is 2.62 bits per heavy atom. The third-order valence-corrected chi connectivity index (χ3v) is 5.17. The normalized spacial score (nSPS) is 18.8. The predicted octanol–water partition coefficient (Wildman–Crippen LogP) is 2.88. The molecule has 26 heavy (non-hydrogen) atoms. The number of guanidine groups is 1. The minimum Gasteiger partial charge on any atom is -0.357 e. The Balaban J connectivity index is 1.62. The van der Waals surface area contributed by atoms with E-state index in [9.17, 15) is 18.0 Å². The Kier molecular flexibility index (Phi) is 5.38. The maximum Gasteiger partial charge on any atom is 0.246 e. The smallest absolute Gasteiger partial charge is 0.246 e. The van der Waals surface area contributed by atoms with E-state index < -0.39 is 29.0 Å². The summed E-state index contributed by atoms with van der Waals surface area (Å²) in [4.78, 5) is 18.5. The van der Waals surface area contributed by atoms with Crippen LogP contribution in [0.4, 0.5) is 18.9 Å². The van der Waals surface area contributed by atoms with Gasteiger partial charge >= 0.3 is 0 Å². The van der Waals surface area contributed by atoms with Gasteiger partial charge in [-0.15, -0.1) is 0 Å². The van der Waals surface area contributed by atoms with E-state index in [1.165, 1.54) is 19.3 Å². The number of rotatable bonds is 4. The first-order valence-electron chi connectivity index (χ1n) is 8.91. The second-order valence-electron chi connectivity index (χ2n) is 6.97. The third-order valence-electron chi connectivity index (χ3n) is 5.17. The maximum absolute atomic E-state index is 13.6. The molecule has 142 valence electrons. The number of hydrogen-bond acceptors (Lipinski definition) is 2. The highest BCUT2D eigenvalue weighted by molar-refractivity contribution is 5.94. The van der Waals surface area contributed by atoms with Gasteiger partial charge in [-0.05, 0) is 43.7 Å². The SMILES string of the molecule is CCNC(=NCC(=O)Nc1ccc(F)c(F)c1F)N1CCC2(CCC2)C1. The van der Waals surface area contributed by atoms with E-state index in [-0.39, 0.29) is 6.54 Å². The molecule has 1 amide bonds. The van der Waals surface area contributed by atoms with E-state index in [0.29, 0.717) is 17.9 Å². The summed E-state index contributed by atoms with van der Waals surface area (Å²) in [7, 11) is 0. The summed E-state index contributed by atoms with van der Waals surface area (Å²) in [6, 6.07) is 1.76. The number of amides is 1. The molecule has 1 aromatic rings. The molecule has 0 radical (unpaired) electrons. The van der Waals surface area contributed by atoms with Gasteiger partial charge in [0.15, 0.2) is 23.4 Å². The number of benzene rings is 1. The summed E-state index contributed by atoms with van der Waals surface area (Å²) in [5.74, 6) is -4.27. The molecule has 1 aromatic carbocycles. The zero-order valence-corrected chi connectivity index (χ0v) is 14.7. The molecule has 1 saturated carbocycles. The van der Waals surface area contributed by atoms with Crippen LogP contribution in [0, 0.1) is 22.9 Å². The fourth-order valence-electron chi connectivity index (χ4n) is 3.59. The monoisotopic (exact) mass is 368 g/mol. The largest absolute Gasteiger partial charge is 0.357 e. The second kappa shape index (κ2) is 7.55. The lowest BCUT2D eigenvalue weighted by molar-refractivity contribution is -0.114. The number of aliphatic imine (C=N–C) groups is 1. The van der Waals surface area contributed by atoms with Crippen molar-refractivity contribution in [3.63, 3.8) is 0 Å². The fourth-order valence-corrected chi connectivity index (χ4v) is 3.59. The molecule has 1 aliphatic heterocycles. The van der Waals surface area contributed by atoms with E-state index in [1.807, 2.05) is 6.92 Å². The number of carbonyl (C=O) groups is 1. The minimum absolute atomic E-state index is 0.232. The topological polar surface area (TPSA) is 56.7 Å². The summed E-state index contributed by atoms with van der Waals surface area (Å²) >= 11 is 0. The van der Waals surface area contributed by atoms with E-state index in [4.69, 9.17) is 0 Å². The minimum atomic E-state index is -1.61. The van der Waals surface area contributed by atoms with Crippen molar-refractivity contribution in [1.82, 2.24) is 10.2 Å². The van der Waals surface area contributed by atoms with E-state index in [1.54, 1.807) is 0 Å². The van der Waals surface area contributed by atoms with Gasteiger partial charge in [-0.3, -0.25) is 4.79 Å². The van der Waals surface area contributed by atoms with E-state index in [0.717, 1.165) is 31.6 Å². The van der Waals surface area contributed by atoms with Crippen molar-refractivity contribution in [2.45, 2.75) is 32.6 Å². The molecule has 1 heterocycles. The van der Waals surface area contributed by atoms with Gasteiger partial charge in [-0.25, -0.2) is 18.2 Å². The molecule has 2 N–H and O–H groups in total. The molecule has 2 aliphatic rings. The van der Waals surface area contributed by atoms with Crippen LogP contribution in [0.1, 0.15) is 32.6 Å². The van der Waals surface area contributed by atoms with Gasteiger partial charge in [0.25, 0.3) is 0 Å². The zero-order chi connectivity index (χ0) is 18.7. The van der Waals surface area contributed by atoms with E-state index in [2.05, 4.69) is 20.5 Å². The number of nitrogens with zero attached hydrogens (tertiary/aromatic N) is 2. The molecule has 0 bridgehead atoms. The average Bonchev–Trinajstić information content (AvgIpc) is 3.05. The van der Waals surface area contributed by atoms with Crippen LogP contribution in [0.25, 0.3) is 0 Å². The molecule has 1 aliphatic carbocycles. The van der Waals surface area contributed by atoms with Crippen LogP contribution in [0.15, 0.2) is 17.1 Å². The quantitative estimate of drug-likeness (QED) is 0.488. The Bertz CT molecular complexity index is 719. The Morgan fingerprint density at radius 2 is 2.00 bits per heavy atom. The molecule has 3 rings (SSSR count). The summed E-state index contributed by atoms with van der Waals surface area (Å²) in [6.45, 7) is 4.21. The van der Waals surface area contributed by atoms with Gasteiger partial charge in [0.1, 0.15) is 6.54 Å². The van der Waals surface area contributed by atoms with Crippen molar-refractivity contribution in [3.05, 3.63) is 29.6 Å². The van der Waals surface area contributed by atoms with Crippen LogP contribution in [-0.2, 0) is 4.79 Å². The molecular formula is C18H23F3N4O. The number of nitrogens with one attached hydrogen (secondary N) is 2. The average molecular weight is 368 g/mol. The number of hydrogen-bond donors (Lipinski definition) is 2. The highest BCUT2D eigenvalue weighted by Gasteiger charge is 2.43. The number of carbonyl (C=O) groups excluding carboxylic acids is 1. The Morgan fingerprint density at radius 1 is 1.23 bits per heavy atom. The van der Waals surface area contributed by atoms with Gasteiger partial charge in [0.2, 0.25) is 5.91 Å². The first kappa shape index (κ1) is 18.5. The molecule has 0 aromatic heterocycles. The van der Waals surface area contributed by atoms with Crippen LogP contribution >= 0.6 is 0 Å². The lowest BCUT2D eigenvalue weighted by Gasteiger charge is -2.38.